The molecular weight excluding hydrogens is 252 g/mol. The zero-order valence-corrected chi connectivity index (χ0v) is 10.6. The molecule has 1 aromatic heterocycles. The second-order valence-corrected chi connectivity index (χ2v) is 5.01. The summed E-state index contributed by atoms with van der Waals surface area (Å²) in [5.41, 5.74) is 0.756. The maximum absolute atomic E-state index is 12.0. The Bertz CT molecular complexity index is 496. The molecule has 2 rings (SSSR count). The highest BCUT2D eigenvalue weighted by atomic mass is 32.2. The van der Waals surface area contributed by atoms with Gasteiger partial charge in [0, 0.05) is 12.7 Å². The Labute approximate surface area is 109 Å². The fourth-order valence-corrected chi connectivity index (χ4v) is 2.64. The van der Waals surface area contributed by atoms with Gasteiger partial charge in [-0.15, -0.1) is 6.58 Å². The number of thioether (sulfide) groups is 1. The number of aromatic nitrogens is 1. The van der Waals surface area contributed by atoms with Gasteiger partial charge >= 0.3 is 0 Å². The Morgan fingerprint density at radius 3 is 3.00 bits per heavy atom. The molecule has 1 aromatic rings. The molecule has 3 nitrogen and oxygen atoms in total. The first kappa shape index (κ1) is 12.0. The van der Waals surface area contributed by atoms with Gasteiger partial charge in [0.05, 0.1) is 10.6 Å². The van der Waals surface area contributed by atoms with Crippen LogP contribution in [-0.4, -0.2) is 26.7 Å². The maximum atomic E-state index is 12.0. The van der Waals surface area contributed by atoms with Gasteiger partial charge in [0.1, 0.15) is 4.32 Å². The highest BCUT2D eigenvalue weighted by Crippen LogP contribution is 2.31. The smallest absolute Gasteiger partial charge is 0.266 e. The van der Waals surface area contributed by atoms with Crippen molar-refractivity contribution in [1.82, 2.24) is 9.88 Å². The van der Waals surface area contributed by atoms with Crippen LogP contribution in [0, 0.1) is 0 Å². The fraction of sp³-hybridized carbons (Fsp3) is 0.0833. The molecule has 0 radical (unpaired) electrons. The fourth-order valence-electron chi connectivity index (χ4n) is 1.38. The lowest BCUT2D eigenvalue weighted by molar-refractivity contribution is -0.121. The maximum Gasteiger partial charge on any atom is 0.266 e. The average Bonchev–Trinajstić information content (AvgIpc) is 2.59. The molecule has 86 valence electrons. The predicted molar refractivity (Wildman–Crippen MR) is 74.3 cm³/mol. The van der Waals surface area contributed by atoms with Crippen LogP contribution in [0.5, 0.6) is 0 Å². The van der Waals surface area contributed by atoms with Crippen LogP contribution in [0.25, 0.3) is 6.08 Å². The molecule has 0 aliphatic carbocycles. The van der Waals surface area contributed by atoms with Crippen molar-refractivity contribution in [3.8, 4) is 0 Å². The summed E-state index contributed by atoms with van der Waals surface area (Å²) >= 11 is 6.43. The highest BCUT2D eigenvalue weighted by Gasteiger charge is 2.30. The van der Waals surface area contributed by atoms with Gasteiger partial charge < -0.3 is 0 Å². The quantitative estimate of drug-likeness (QED) is 0.476. The minimum atomic E-state index is -0.0782. The third-order valence-electron chi connectivity index (χ3n) is 2.15. The Kier molecular flexibility index (Phi) is 3.71. The van der Waals surface area contributed by atoms with Crippen molar-refractivity contribution >= 4 is 40.3 Å². The molecule has 0 unspecified atom stereocenters. The second-order valence-electron chi connectivity index (χ2n) is 3.34. The van der Waals surface area contributed by atoms with Crippen LogP contribution in [0.1, 0.15) is 5.69 Å². The third-order valence-corrected chi connectivity index (χ3v) is 3.53. The van der Waals surface area contributed by atoms with Gasteiger partial charge in [0.2, 0.25) is 0 Å². The van der Waals surface area contributed by atoms with Crippen molar-refractivity contribution in [3.05, 3.63) is 47.6 Å². The van der Waals surface area contributed by atoms with Crippen LogP contribution >= 0.6 is 24.0 Å². The molecule has 0 saturated carbocycles. The van der Waals surface area contributed by atoms with Crippen LogP contribution in [0.2, 0.25) is 0 Å². The number of thiocarbonyl (C=S) groups is 1. The van der Waals surface area contributed by atoms with E-state index < -0.39 is 0 Å². The molecule has 0 atom stereocenters. The molecule has 0 bridgehead atoms. The van der Waals surface area contributed by atoms with Crippen LogP contribution in [0.3, 0.4) is 0 Å². The summed E-state index contributed by atoms with van der Waals surface area (Å²) in [7, 11) is 0. The first-order valence-electron chi connectivity index (χ1n) is 4.99. The third kappa shape index (κ3) is 2.62. The van der Waals surface area contributed by atoms with E-state index in [1.54, 1.807) is 18.3 Å². The minimum Gasteiger partial charge on any atom is -0.289 e. The van der Waals surface area contributed by atoms with Crippen molar-refractivity contribution in [3.63, 3.8) is 0 Å². The standard InChI is InChI=1S/C12H10N2OS2/c1-2-7-14-11(15)10(17-12(14)16)8-9-5-3-4-6-13-9/h2-6,8H,1,7H2. The van der Waals surface area contributed by atoms with Crippen LogP contribution in [0.15, 0.2) is 42.0 Å². The molecule has 2 heterocycles. The van der Waals surface area contributed by atoms with Gasteiger partial charge in [0.25, 0.3) is 5.91 Å². The van der Waals surface area contributed by atoms with E-state index in [9.17, 15) is 4.79 Å². The van der Waals surface area contributed by atoms with E-state index in [2.05, 4.69) is 11.6 Å². The second kappa shape index (κ2) is 5.25. The van der Waals surface area contributed by atoms with Crippen molar-refractivity contribution in [2.45, 2.75) is 0 Å². The van der Waals surface area contributed by atoms with E-state index in [1.807, 2.05) is 18.2 Å². The lowest BCUT2D eigenvalue weighted by Gasteiger charge is -2.10. The molecule has 1 fully saturated rings. The normalized spacial score (nSPS) is 17.9. The van der Waals surface area contributed by atoms with Gasteiger partial charge in [-0.25, -0.2) is 0 Å². The molecular formula is C12H10N2OS2. The van der Waals surface area contributed by atoms with Crippen molar-refractivity contribution in [2.75, 3.05) is 6.54 Å². The van der Waals surface area contributed by atoms with E-state index in [-0.39, 0.29) is 5.91 Å². The van der Waals surface area contributed by atoms with E-state index in [0.29, 0.717) is 15.8 Å². The molecule has 5 heteroatoms. The Morgan fingerprint density at radius 2 is 2.35 bits per heavy atom. The summed E-state index contributed by atoms with van der Waals surface area (Å²) in [5.74, 6) is -0.0782. The Hall–Kier alpha value is -1.46. The molecule has 0 spiro atoms. The number of pyridine rings is 1. The average molecular weight is 262 g/mol. The van der Waals surface area contributed by atoms with Crippen LogP contribution < -0.4 is 0 Å². The van der Waals surface area contributed by atoms with Gasteiger partial charge in [-0.1, -0.05) is 36.1 Å². The van der Waals surface area contributed by atoms with Gasteiger partial charge in [-0.2, -0.15) is 0 Å². The molecule has 0 N–H and O–H groups in total. The van der Waals surface area contributed by atoms with Gasteiger partial charge in [-0.05, 0) is 18.2 Å². The number of rotatable bonds is 3. The predicted octanol–water partition coefficient (Wildman–Crippen LogP) is 2.47. The molecule has 1 saturated heterocycles. The lowest BCUT2D eigenvalue weighted by Crippen LogP contribution is -2.27. The molecule has 1 aliphatic rings. The first-order chi connectivity index (χ1) is 8.22. The largest absolute Gasteiger partial charge is 0.289 e. The van der Waals surface area contributed by atoms with Crippen LogP contribution in [0.4, 0.5) is 0 Å². The summed E-state index contributed by atoms with van der Waals surface area (Å²) in [6, 6.07) is 5.56. The molecule has 17 heavy (non-hydrogen) atoms. The number of nitrogens with zero attached hydrogens (tertiary/aromatic N) is 2. The summed E-state index contributed by atoms with van der Waals surface area (Å²) in [5, 5.41) is 0. The number of hydrogen-bond donors (Lipinski definition) is 0. The van der Waals surface area contributed by atoms with Gasteiger partial charge in [0.15, 0.2) is 0 Å². The van der Waals surface area contributed by atoms with E-state index >= 15 is 0 Å². The number of hydrogen-bond acceptors (Lipinski definition) is 4. The summed E-state index contributed by atoms with van der Waals surface area (Å²) < 4.78 is 0.567. The first-order valence-corrected chi connectivity index (χ1v) is 6.22. The zero-order valence-electron chi connectivity index (χ0n) is 9.00. The molecule has 0 aromatic carbocycles. The summed E-state index contributed by atoms with van der Waals surface area (Å²) in [4.78, 5) is 18.3. The van der Waals surface area contributed by atoms with E-state index in [0.717, 1.165) is 5.69 Å². The van der Waals surface area contributed by atoms with Crippen molar-refractivity contribution in [1.29, 1.82) is 0 Å². The summed E-state index contributed by atoms with van der Waals surface area (Å²) in [6.07, 6.45) is 5.10. The van der Waals surface area contributed by atoms with E-state index in [4.69, 9.17) is 12.2 Å². The van der Waals surface area contributed by atoms with Gasteiger partial charge in [-0.3, -0.25) is 14.7 Å². The molecule has 1 aliphatic heterocycles. The van der Waals surface area contributed by atoms with Crippen molar-refractivity contribution < 1.29 is 4.79 Å². The van der Waals surface area contributed by atoms with Crippen LogP contribution in [-0.2, 0) is 4.79 Å². The SMILES string of the molecule is C=CCN1C(=O)C(=Cc2ccccn2)SC1=S. The van der Waals surface area contributed by atoms with E-state index in [1.165, 1.54) is 16.7 Å². The number of carbonyl (C=O) groups is 1. The Balaban J connectivity index is 2.25. The number of amides is 1. The minimum absolute atomic E-state index is 0.0782. The number of carbonyl (C=O) groups excluding carboxylic acids is 1. The monoisotopic (exact) mass is 262 g/mol. The molecule has 1 amide bonds. The Morgan fingerprint density at radius 1 is 1.53 bits per heavy atom. The topological polar surface area (TPSA) is 33.2 Å². The summed E-state index contributed by atoms with van der Waals surface area (Å²) in [6.45, 7) is 4.06. The highest BCUT2D eigenvalue weighted by molar-refractivity contribution is 8.26. The lowest BCUT2D eigenvalue weighted by atomic mass is 10.3. The van der Waals surface area contributed by atoms with Crippen molar-refractivity contribution in [2.24, 2.45) is 0 Å². The zero-order chi connectivity index (χ0) is 12.3.